The molecule has 3 saturated heterocycles. The van der Waals surface area contributed by atoms with E-state index in [-0.39, 0.29) is 59.3 Å². The van der Waals surface area contributed by atoms with Crippen molar-refractivity contribution in [2.75, 3.05) is 68.8 Å². The smallest absolute Gasteiger partial charge is 0.329 e. The summed E-state index contributed by atoms with van der Waals surface area (Å²) in [5.74, 6) is -1.28. The third-order valence-electron chi connectivity index (χ3n) is 15.9. The van der Waals surface area contributed by atoms with Crippen LogP contribution < -0.4 is 35.6 Å². The molecule has 4 aliphatic heterocycles. The van der Waals surface area contributed by atoms with Crippen molar-refractivity contribution in [3.8, 4) is 22.6 Å². The predicted molar refractivity (Wildman–Crippen MR) is 277 cm³/mol. The van der Waals surface area contributed by atoms with E-state index in [0.29, 0.717) is 42.9 Å². The Morgan fingerprint density at radius 3 is 2.47 bits per heavy atom. The minimum atomic E-state index is -1.04. The number of anilines is 2. The second kappa shape index (κ2) is 20.9. The number of likely N-dealkylation sites (tertiary alicyclic amines) is 1. The van der Waals surface area contributed by atoms with E-state index in [9.17, 15) is 19.5 Å². The van der Waals surface area contributed by atoms with E-state index in [1.54, 1.807) is 11.8 Å². The molecule has 3 fully saturated rings. The number of piperidine rings is 2. The van der Waals surface area contributed by atoms with Crippen molar-refractivity contribution in [3.05, 3.63) is 136 Å². The number of ether oxygens (including phenoxy) is 2. The number of fused-ring (bicyclic) bond motifs is 2. The van der Waals surface area contributed by atoms with Crippen LogP contribution in [0.25, 0.3) is 22.0 Å². The zero-order chi connectivity index (χ0) is 51.0. The normalized spacial score (nSPS) is 19.8. The molecule has 382 valence electrons. The summed E-state index contributed by atoms with van der Waals surface area (Å²) in [6, 6.07) is 28.5. The highest BCUT2D eigenvalue weighted by molar-refractivity contribution is 6.09. The van der Waals surface area contributed by atoms with Gasteiger partial charge in [-0.3, -0.25) is 24.5 Å². The number of amides is 4. The van der Waals surface area contributed by atoms with Crippen LogP contribution in [0.5, 0.6) is 11.5 Å². The summed E-state index contributed by atoms with van der Waals surface area (Å²) < 4.78 is 46.8. The molecule has 4 amide bonds. The van der Waals surface area contributed by atoms with Gasteiger partial charge in [-0.05, 0) is 135 Å². The van der Waals surface area contributed by atoms with Gasteiger partial charge in [0.1, 0.15) is 18.2 Å². The van der Waals surface area contributed by atoms with Gasteiger partial charge in [-0.15, -0.1) is 0 Å². The van der Waals surface area contributed by atoms with Crippen molar-refractivity contribution in [1.82, 2.24) is 25.3 Å². The van der Waals surface area contributed by atoms with E-state index < -0.39 is 35.1 Å². The highest BCUT2D eigenvalue weighted by atomic mass is 19.1. The number of primary amides is 1. The predicted octanol–water partition coefficient (Wildman–Crippen LogP) is 8.41. The monoisotopic (exact) mass is 994 g/mol. The first kappa shape index (κ1) is 49.7. The molecule has 0 radical (unpaired) electrons. The lowest BCUT2D eigenvalue weighted by atomic mass is 9.76. The number of carbonyl (C=O) groups is 3. The molecule has 4 aliphatic rings. The Bertz CT molecular complexity index is 3040. The van der Waals surface area contributed by atoms with Gasteiger partial charge in [-0.2, -0.15) is 5.10 Å². The number of rotatable bonds is 16. The number of carbonyl (C=O) groups excluding carboxylic acids is 3. The molecule has 2 unspecified atom stereocenters. The first-order valence-electron chi connectivity index (χ1n) is 25.6. The number of hydrogen-bond donors (Lipinski definition) is 4. The van der Waals surface area contributed by atoms with E-state index in [1.165, 1.54) is 35.9 Å². The van der Waals surface area contributed by atoms with Crippen LogP contribution in [0, 0.1) is 24.5 Å². The summed E-state index contributed by atoms with van der Waals surface area (Å²) in [5.41, 5.74) is 10.8. The lowest BCUT2D eigenvalue weighted by Gasteiger charge is -2.36. The van der Waals surface area contributed by atoms with Gasteiger partial charge in [0.25, 0.3) is 0 Å². The molecule has 10 rings (SSSR count). The first-order valence-corrected chi connectivity index (χ1v) is 25.6. The van der Waals surface area contributed by atoms with Crippen molar-refractivity contribution in [1.29, 1.82) is 0 Å². The number of aliphatic hydroxyl groups is 1. The second-order valence-corrected chi connectivity index (χ2v) is 20.2. The highest BCUT2D eigenvalue weighted by Gasteiger charge is 2.50. The number of urea groups is 1. The number of hydrogen-bond acceptors (Lipinski definition) is 10. The lowest BCUT2D eigenvalue weighted by molar-refractivity contribution is -0.120. The highest BCUT2D eigenvalue weighted by Crippen LogP contribution is 2.55. The Morgan fingerprint density at radius 2 is 1.73 bits per heavy atom. The van der Waals surface area contributed by atoms with Crippen LogP contribution in [0.15, 0.2) is 91.0 Å². The molecule has 0 spiro atoms. The molecule has 16 heteroatoms. The average Bonchev–Trinajstić information content (AvgIpc) is 3.88. The van der Waals surface area contributed by atoms with Crippen LogP contribution in [0.1, 0.15) is 95.5 Å². The van der Waals surface area contributed by atoms with Gasteiger partial charge in [0.05, 0.1) is 17.7 Å². The standard InChI is InChI=1S/C57H64F2N8O6/c1-35-45(58)32-48-51(50(35)52-44(54(60)70)14-15-47(53(52)59)72-29-28-68)36(2)57(73-48,41-9-5-4-6-10-41)34-61-33-38-8-7-11-42(30-38)66-25-17-37(18-26-66)16-22-65-23-19-39(20-24-65)40-12-13-43-46(31-40)64(3)63-55(43)67-27-21-49(69)62-56(67)71/h4-15,30-32,36-37,39,61,68H,16-29,33-34H2,1-3H3,(H2,60,70)(H,62,69,71). The maximum absolute atomic E-state index is 16.5. The number of aromatic nitrogens is 2. The molecule has 2 atom stereocenters. The van der Waals surface area contributed by atoms with Crippen LogP contribution in [-0.4, -0.2) is 96.7 Å². The minimum Gasteiger partial charge on any atom is -0.488 e. The molecule has 0 saturated carbocycles. The summed E-state index contributed by atoms with van der Waals surface area (Å²) in [4.78, 5) is 43.8. The topological polar surface area (TPSA) is 168 Å². The maximum atomic E-state index is 16.5. The minimum absolute atomic E-state index is 0.119. The van der Waals surface area contributed by atoms with Crippen molar-refractivity contribution in [2.45, 2.75) is 76.4 Å². The molecule has 0 bridgehead atoms. The number of nitrogens with one attached hydrogen (secondary N) is 2. The summed E-state index contributed by atoms with van der Waals surface area (Å²) in [6.45, 7) is 9.44. The van der Waals surface area contributed by atoms with Crippen LogP contribution in [0.4, 0.5) is 25.1 Å². The van der Waals surface area contributed by atoms with Crippen molar-refractivity contribution < 1.29 is 37.7 Å². The quantitative estimate of drug-likeness (QED) is 0.0740. The Hall–Kier alpha value is -6.88. The summed E-state index contributed by atoms with van der Waals surface area (Å²) in [7, 11) is 1.91. The number of benzene rings is 5. The Kier molecular flexibility index (Phi) is 14.2. The fourth-order valence-corrected chi connectivity index (χ4v) is 11.8. The number of imide groups is 1. The van der Waals surface area contributed by atoms with Crippen LogP contribution in [-0.2, 0) is 24.0 Å². The van der Waals surface area contributed by atoms with E-state index in [2.05, 4.69) is 68.0 Å². The van der Waals surface area contributed by atoms with Crippen molar-refractivity contribution >= 4 is 40.3 Å². The van der Waals surface area contributed by atoms with E-state index in [0.717, 1.165) is 80.4 Å². The van der Waals surface area contributed by atoms with Gasteiger partial charge in [-0.25, -0.2) is 13.6 Å². The zero-order valence-electron chi connectivity index (χ0n) is 41.8. The third kappa shape index (κ3) is 9.75. The van der Waals surface area contributed by atoms with Crippen molar-refractivity contribution in [2.24, 2.45) is 18.7 Å². The van der Waals surface area contributed by atoms with Gasteiger partial charge in [0.15, 0.2) is 23.0 Å². The summed E-state index contributed by atoms with van der Waals surface area (Å²) in [5, 5.41) is 21.1. The van der Waals surface area contributed by atoms with Gasteiger partial charge in [-0.1, -0.05) is 55.5 Å². The number of aliphatic hydroxyl groups excluding tert-OH is 1. The van der Waals surface area contributed by atoms with Gasteiger partial charge < -0.3 is 35.4 Å². The summed E-state index contributed by atoms with van der Waals surface area (Å²) in [6.07, 6.45) is 5.93. The largest absolute Gasteiger partial charge is 0.488 e. The molecule has 0 aliphatic carbocycles. The SMILES string of the molecule is Cc1c(F)cc2c(c1-c1c(C(N)=O)ccc(OCCO)c1F)C(C)C(CNCc1cccc(N3CCC(CCN4CCC(c5ccc6c(N7CCC(=O)NC7=O)nn(C)c6c5)CC4)CC3)c1)(c1ccccc1)O2. The molecular formula is C57H64F2N8O6. The van der Waals surface area contributed by atoms with Gasteiger partial charge >= 0.3 is 6.03 Å². The number of nitrogens with two attached hydrogens (primary N) is 1. The third-order valence-corrected chi connectivity index (χ3v) is 15.9. The molecule has 5 heterocycles. The molecule has 1 aromatic heterocycles. The first-order chi connectivity index (χ1) is 35.3. The molecular weight excluding hydrogens is 931 g/mol. The van der Waals surface area contributed by atoms with E-state index >= 15 is 8.78 Å². The number of halogens is 2. The van der Waals surface area contributed by atoms with Crippen LogP contribution >= 0.6 is 0 Å². The second-order valence-electron chi connectivity index (χ2n) is 20.2. The molecule has 6 aromatic rings. The van der Waals surface area contributed by atoms with Gasteiger partial charge in [0.2, 0.25) is 11.8 Å². The van der Waals surface area contributed by atoms with E-state index in [1.807, 2.05) is 49.0 Å². The average molecular weight is 995 g/mol. The molecule has 5 aromatic carbocycles. The summed E-state index contributed by atoms with van der Waals surface area (Å²) >= 11 is 0. The maximum Gasteiger partial charge on any atom is 0.329 e. The Balaban J connectivity index is 0.752. The molecule has 5 N–H and O–H groups in total. The number of nitrogens with zero attached hydrogens (tertiary/aromatic N) is 5. The molecule has 73 heavy (non-hydrogen) atoms. The Labute approximate surface area is 424 Å². The fraction of sp³-hybridized carbons (Fsp3) is 0.404. The van der Waals surface area contributed by atoms with Crippen molar-refractivity contribution in [3.63, 3.8) is 0 Å². The zero-order valence-corrected chi connectivity index (χ0v) is 41.8. The van der Waals surface area contributed by atoms with Gasteiger partial charge in [0, 0.05) is 80.4 Å². The Morgan fingerprint density at radius 1 is 0.945 bits per heavy atom. The van der Waals surface area contributed by atoms with Crippen LogP contribution in [0.2, 0.25) is 0 Å². The van der Waals surface area contributed by atoms with Crippen LogP contribution in [0.3, 0.4) is 0 Å². The fourth-order valence-electron chi connectivity index (χ4n) is 11.8. The number of aryl methyl sites for hydroxylation is 1. The van der Waals surface area contributed by atoms with E-state index in [4.69, 9.17) is 15.2 Å². The molecule has 14 nitrogen and oxygen atoms in total. The lowest BCUT2D eigenvalue weighted by Crippen LogP contribution is -2.49.